The van der Waals surface area contributed by atoms with Crippen LogP contribution in [0, 0.1) is 0 Å². The number of hydrogen-bond acceptors (Lipinski definition) is 4. The second-order valence-electron chi connectivity index (χ2n) is 3.99. The minimum Gasteiger partial charge on any atom is -0.497 e. The lowest BCUT2D eigenvalue weighted by Gasteiger charge is -2.20. The van der Waals surface area contributed by atoms with Crippen LogP contribution in [0.1, 0.15) is 0 Å². The van der Waals surface area contributed by atoms with Crippen molar-refractivity contribution >= 4 is 35.2 Å². The average Bonchev–Trinajstić information content (AvgIpc) is 2.39. The summed E-state index contributed by atoms with van der Waals surface area (Å²) in [6, 6.07) is 3.75. The zero-order valence-electron chi connectivity index (χ0n) is 11.1. The van der Waals surface area contributed by atoms with E-state index in [2.05, 4.69) is 5.32 Å². The second kappa shape index (κ2) is 7.34. The molecule has 3 amide bonds. The number of rotatable bonds is 6. The van der Waals surface area contributed by atoms with Gasteiger partial charge >= 0.3 is 12.0 Å². The van der Waals surface area contributed by atoms with Crippen LogP contribution >= 0.6 is 11.6 Å². The molecule has 8 nitrogen and oxygen atoms in total. The molecule has 4 N–H and O–H groups in total. The molecule has 0 fully saturated rings. The first kappa shape index (κ1) is 16.6. The summed E-state index contributed by atoms with van der Waals surface area (Å²) in [5.74, 6) is -1.65. The van der Waals surface area contributed by atoms with Gasteiger partial charge in [-0.05, 0) is 12.1 Å². The molecule has 0 spiro atoms. The van der Waals surface area contributed by atoms with Crippen LogP contribution < -0.4 is 15.8 Å². The van der Waals surface area contributed by atoms with E-state index in [1.165, 1.54) is 19.2 Å². The van der Waals surface area contributed by atoms with Crippen LogP contribution in [0.15, 0.2) is 18.2 Å². The molecule has 0 aliphatic rings. The first-order chi connectivity index (χ1) is 9.83. The quantitative estimate of drug-likeness (QED) is 0.715. The zero-order chi connectivity index (χ0) is 16.0. The largest absolute Gasteiger partial charge is 0.497 e. The number of methoxy groups -OCH3 is 1. The topological polar surface area (TPSA) is 122 Å². The summed E-state index contributed by atoms with van der Waals surface area (Å²) in [5.41, 5.74) is 5.20. The number of nitrogens with zero attached hydrogens (tertiary/aromatic N) is 1. The van der Waals surface area contributed by atoms with Crippen LogP contribution in [-0.4, -0.2) is 48.1 Å². The highest BCUT2D eigenvalue weighted by molar-refractivity contribution is 6.33. The molecule has 0 radical (unpaired) electrons. The fourth-order valence-corrected chi connectivity index (χ4v) is 1.64. The molecule has 0 aliphatic carbocycles. The number of nitrogens with one attached hydrogen (secondary N) is 1. The monoisotopic (exact) mass is 315 g/mol. The fourth-order valence-electron chi connectivity index (χ4n) is 1.47. The first-order valence-electron chi connectivity index (χ1n) is 5.73. The number of nitrogens with two attached hydrogens (primary N) is 1. The average molecular weight is 316 g/mol. The van der Waals surface area contributed by atoms with Gasteiger partial charge < -0.3 is 25.8 Å². The number of carboxylic acids is 1. The van der Waals surface area contributed by atoms with Gasteiger partial charge in [-0.15, -0.1) is 0 Å². The number of anilines is 1. The first-order valence-corrected chi connectivity index (χ1v) is 6.11. The number of carbonyl (C=O) groups excluding carboxylic acids is 2. The van der Waals surface area contributed by atoms with E-state index in [0.29, 0.717) is 5.75 Å². The molecule has 0 atom stereocenters. The molecule has 1 aromatic carbocycles. The Hall–Kier alpha value is -2.48. The van der Waals surface area contributed by atoms with Gasteiger partial charge in [0.05, 0.1) is 17.8 Å². The molecule has 0 unspecified atom stereocenters. The summed E-state index contributed by atoms with van der Waals surface area (Å²) in [6.45, 7) is -1.20. The van der Waals surface area contributed by atoms with E-state index in [9.17, 15) is 14.4 Å². The third-order valence-corrected chi connectivity index (χ3v) is 2.70. The summed E-state index contributed by atoms with van der Waals surface area (Å²) in [6.07, 6.45) is 0. The summed E-state index contributed by atoms with van der Waals surface area (Å²) >= 11 is 5.92. The van der Waals surface area contributed by atoms with Gasteiger partial charge in [0.1, 0.15) is 18.8 Å². The standard InChI is InChI=1S/C12H14ClN3O5/c1-21-7-2-3-8(13)9(4-7)15-12(20)16(5-10(14)17)6-11(18)19/h2-4H,5-6H2,1H3,(H2,14,17)(H,15,20)(H,18,19). The van der Waals surface area contributed by atoms with Gasteiger partial charge in [-0.3, -0.25) is 9.59 Å². The summed E-state index contributed by atoms with van der Waals surface area (Å²) in [5, 5.41) is 11.4. The Bertz CT molecular complexity index is 548. The van der Waals surface area contributed by atoms with Crippen molar-refractivity contribution in [3.8, 4) is 5.75 Å². The van der Waals surface area contributed by atoms with Crippen LogP contribution in [0.2, 0.25) is 5.02 Å². The number of hydrogen-bond donors (Lipinski definition) is 3. The predicted molar refractivity (Wildman–Crippen MR) is 75.4 cm³/mol. The SMILES string of the molecule is COc1ccc(Cl)c(NC(=O)N(CC(N)=O)CC(=O)O)c1. The van der Waals surface area contributed by atoms with E-state index in [-0.39, 0.29) is 10.7 Å². The maximum Gasteiger partial charge on any atom is 0.323 e. The minimum atomic E-state index is -1.27. The number of ether oxygens (including phenoxy) is 1. The number of carbonyl (C=O) groups is 3. The van der Waals surface area contributed by atoms with Gasteiger partial charge in [0.2, 0.25) is 5.91 Å². The van der Waals surface area contributed by atoms with Crippen molar-refractivity contribution in [3.05, 3.63) is 23.2 Å². The predicted octanol–water partition coefficient (Wildman–Crippen LogP) is 0.752. The summed E-state index contributed by atoms with van der Waals surface area (Å²) in [4.78, 5) is 34.3. The lowest BCUT2D eigenvalue weighted by Crippen LogP contribution is -2.43. The van der Waals surface area contributed by atoms with Gasteiger partial charge in [0.15, 0.2) is 0 Å². The van der Waals surface area contributed by atoms with Crippen molar-refractivity contribution in [1.29, 1.82) is 0 Å². The van der Waals surface area contributed by atoms with Gasteiger partial charge in [0.25, 0.3) is 0 Å². The molecule has 114 valence electrons. The molecule has 0 saturated heterocycles. The molecule has 0 heterocycles. The number of carboxylic acid groups (broad SMARTS) is 1. The fraction of sp³-hybridized carbons (Fsp3) is 0.250. The second-order valence-corrected chi connectivity index (χ2v) is 4.40. The normalized spacial score (nSPS) is 9.81. The third-order valence-electron chi connectivity index (χ3n) is 2.38. The molecular formula is C12H14ClN3O5. The van der Waals surface area contributed by atoms with E-state index < -0.39 is 31.0 Å². The minimum absolute atomic E-state index is 0.223. The Balaban J connectivity index is 2.89. The lowest BCUT2D eigenvalue weighted by molar-refractivity contribution is -0.137. The van der Waals surface area contributed by atoms with Crippen LogP contribution in [0.3, 0.4) is 0 Å². The molecule has 0 aromatic heterocycles. The maximum absolute atomic E-state index is 12.0. The van der Waals surface area contributed by atoms with Crippen LogP contribution in [-0.2, 0) is 9.59 Å². The number of amides is 3. The van der Waals surface area contributed by atoms with Crippen molar-refractivity contribution in [1.82, 2.24) is 4.90 Å². The number of aliphatic carboxylic acids is 1. The molecule has 1 aromatic rings. The van der Waals surface area contributed by atoms with Crippen molar-refractivity contribution in [2.45, 2.75) is 0 Å². The van der Waals surface area contributed by atoms with E-state index in [1.54, 1.807) is 6.07 Å². The van der Waals surface area contributed by atoms with E-state index >= 15 is 0 Å². The molecule has 0 bridgehead atoms. The Morgan fingerprint density at radius 1 is 1.38 bits per heavy atom. The molecule has 0 aliphatic heterocycles. The van der Waals surface area contributed by atoms with Crippen LogP contribution in [0.25, 0.3) is 0 Å². The van der Waals surface area contributed by atoms with E-state index in [1.807, 2.05) is 0 Å². The van der Waals surface area contributed by atoms with Crippen molar-refractivity contribution in [2.75, 3.05) is 25.5 Å². The van der Waals surface area contributed by atoms with Gasteiger partial charge in [-0.1, -0.05) is 11.6 Å². The molecular weight excluding hydrogens is 302 g/mol. The molecule has 1 rings (SSSR count). The van der Waals surface area contributed by atoms with Crippen molar-refractivity contribution < 1.29 is 24.2 Å². The Morgan fingerprint density at radius 2 is 2.05 bits per heavy atom. The lowest BCUT2D eigenvalue weighted by atomic mass is 10.3. The third kappa shape index (κ3) is 5.19. The van der Waals surface area contributed by atoms with Crippen molar-refractivity contribution in [3.63, 3.8) is 0 Å². The highest BCUT2D eigenvalue weighted by Gasteiger charge is 2.19. The summed E-state index contributed by atoms with van der Waals surface area (Å²) < 4.78 is 4.99. The molecule has 21 heavy (non-hydrogen) atoms. The molecule has 9 heteroatoms. The number of halogens is 1. The maximum atomic E-state index is 12.0. The number of primary amides is 1. The Kier molecular flexibility index (Phi) is 5.79. The van der Waals surface area contributed by atoms with Gasteiger partial charge in [0, 0.05) is 6.07 Å². The smallest absolute Gasteiger partial charge is 0.323 e. The summed E-state index contributed by atoms with van der Waals surface area (Å²) in [7, 11) is 1.44. The number of urea groups is 1. The molecule has 0 saturated carbocycles. The van der Waals surface area contributed by atoms with Gasteiger partial charge in [-0.25, -0.2) is 4.79 Å². The Morgan fingerprint density at radius 3 is 2.57 bits per heavy atom. The van der Waals surface area contributed by atoms with Crippen molar-refractivity contribution in [2.24, 2.45) is 5.73 Å². The van der Waals surface area contributed by atoms with E-state index in [4.69, 9.17) is 27.2 Å². The van der Waals surface area contributed by atoms with Crippen LogP contribution in [0.5, 0.6) is 5.75 Å². The van der Waals surface area contributed by atoms with E-state index in [0.717, 1.165) is 4.90 Å². The zero-order valence-corrected chi connectivity index (χ0v) is 11.9. The Labute approximate surface area is 125 Å². The number of benzene rings is 1. The van der Waals surface area contributed by atoms with Crippen LogP contribution in [0.4, 0.5) is 10.5 Å². The van der Waals surface area contributed by atoms with Gasteiger partial charge in [-0.2, -0.15) is 0 Å². The highest BCUT2D eigenvalue weighted by Crippen LogP contribution is 2.26. The highest BCUT2D eigenvalue weighted by atomic mass is 35.5.